The zero-order chi connectivity index (χ0) is 15.4. The number of imidazole rings is 1. The standard InChI is InChI=1S/C18H17N3O/c1-21-13-12-19-17(21)16(14-8-4-2-5-9-14)20-18(22)15-10-6-3-7-11-15/h2-13,16H,1H3,(H,20,22)/t16-/m0/s1. The molecule has 3 aromatic rings. The van der Waals surface area contributed by atoms with Gasteiger partial charge in [-0.3, -0.25) is 4.79 Å². The van der Waals surface area contributed by atoms with Gasteiger partial charge in [-0.15, -0.1) is 0 Å². The van der Waals surface area contributed by atoms with Crippen molar-refractivity contribution >= 4 is 5.91 Å². The monoisotopic (exact) mass is 291 g/mol. The fourth-order valence-corrected chi connectivity index (χ4v) is 2.40. The summed E-state index contributed by atoms with van der Waals surface area (Å²) in [6.45, 7) is 0. The molecule has 0 bridgehead atoms. The van der Waals surface area contributed by atoms with E-state index in [4.69, 9.17) is 0 Å². The predicted octanol–water partition coefficient (Wildman–Crippen LogP) is 2.94. The van der Waals surface area contributed by atoms with Crippen LogP contribution in [0.1, 0.15) is 27.8 Å². The summed E-state index contributed by atoms with van der Waals surface area (Å²) in [5, 5.41) is 3.07. The molecule has 110 valence electrons. The molecule has 1 atom stereocenters. The van der Waals surface area contributed by atoms with Crippen LogP contribution in [0, 0.1) is 0 Å². The van der Waals surface area contributed by atoms with Gasteiger partial charge >= 0.3 is 0 Å². The Morgan fingerprint density at radius 1 is 1.05 bits per heavy atom. The molecule has 0 spiro atoms. The Kier molecular flexibility index (Phi) is 4.01. The third-order valence-corrected chi connectivity index (χ3v) is 3.56. The number of hydrogen-bond acceptors (Lipinski definition) is 2. The molecule has 0 fully saturated rings. The van der Waals surface area contributed by atoms with Crippen LogP contribution in [0.3, 0.4) is 0 Å². The highest BCUT2D eigenvalue weighted by Crippen LogP contribution is 2.20. The van der Waals surface area contributed by atoms with Gasteiger partial charge in [-0.25, -0.2) is 4.98 Å². The summed E-state index contributed by atoms with van der Waals surface area (Å²) in [6, 6.07) is 18.8. The number of nitrogens with zero attached hydrogens (tertiary/aromatic N) is 2. The quantitative estimate of drug-likeness (QED) is 0.803. The summed E-state index contributed by atoms with van der Waals surface area (Å²) in [6.07, 6.45) is 3.61. The predicted molar refractivity (Wildman–Crippen MR) is 85.4 cm³/mol. The van der Waals surface area contributed by atoms with Crippen LogP contribution >= 0.6 is 0 Å². The number of carbonyl (C=O) groups is 1. The topological polar surface area (TPSA) is 46.9 Å². The first kappa shape index (κ1) is 14.1. The van der Waals surface area contributed by atoms with Crippen molar-refractivity contribution in [2.75, 3.05) is 0 Å². The van der Waals surface area contributed by atoms with E-state index >= 15 is 0 Å². The molecule has 0 radical (unpaired) electrons. The first-order valence-corrected chi connectivity index (χ1v) is 7.14. The van der Waals surface area contributed by atoms with Crippen LogP contribution in [-0.4, -0.2) is 15.5 Å². The Labute approximate surface area is 129 Å². The summed E-state index contributed by atoms with van der Waals surface area (Å²) in [5.74, 6) is 0.688. The number of hydrogen-bond donors (Lipinski definition) is 1. The minimum Gasteiger partial charge on any atom is -0.338 e. The molecule has 1 heterocycles. The van der Waals surface area contributed by atoms with E-state index in [0.717, 1.165) is 11.4 Å². The fraction of sp³-hybridized carbons (Fsp3) is 0.111. The van der Waals surface area contributed by atoms with Crippen molar-refractivity contribution in [3.63, 3.8) is 0 Å². The van der Waals surface area contributed by atoms with Crippen LogP contribution in [0.25, 0.3) is 0 Å². The summed E-state index contributed by atoms with van der Waals surface area (Å²) in [5.41, 5.74) is 1.64. The van der Waals surface area contributed by atoms with Gasteiger partial charge in [-0.1, -0.05) is 48.5 Å². The van der Waals surface area contributed by atoms with Crippen LogP contribution in [0.2, 0.25) is 0 Å². The molecule has 0 saturated carbocycles. The lowest BCUT2D eigenvalue weighted by molar-refractivity contribution is 0.0941. The molecule has 2 aromatic carbocycles. The van der Waals surface area contributed by atoms with E-state index in [9.17, 15) is 4.79 Å². The van der Waals surface area contributed by atoms with Crippen molar-refractivity contribution in [2.24, 2.45) is 7.05 Å². The van der Waals surface area contributed by atoms with E-state index in [1.54, 1.807) is 18.3 Å². The molecule has 1 amide bonds. The van der Waals surface area contributed by atoms with Gasteiger partial charge in [0.15, 0.2) is 0 Å². The van der Waals surface area contributed by atoms with E-state index in [-0.39, 0.29) is 11.9 Å². The minimum atomic E-state index is -0.283. The van der Waals surface area contributed by atoms with Gasteiger partial charge in [0, 0.05) is 25.0 Å². The van der Waals surface area contributed by atoms with Gasteiger partial charge in [0.05, 0.1) is 0 Å². The second-order valence-electron chi connectivity index (χ2n) is 5.08. The van der Waals surface area contributed by atoms with Crippen molar-refractivity contribution in [1.82, 2.24) is 14.9 Å². The van der Waals surface area contributed by atoms with Crippen LogP contribution in [0.5, 0.6) is 0 Å². The zero-order valence-corrected chi connectivity index (χ0v) is 12.3. The van der Waals surface area contributed by atoms with E-state index in [2.05, 4.69) is 10.3 Å². The Balaban J connectivity index is 1.93. The van der Waals surface area contributed by atoms with Gasteiger partial charge in [0.2, 0.25) is 0 Å². The highest BCUT2D eigenvalue weighted by Gasteiger charge is 2.20. The second-order valence-corrected chi connectivity index (χ2v) is 5.08. The number of nitrogens with one attached hydrogen (secondary N) is 1. The Morgan fingerprint density at radius 2 is 1.68 bits per heavy atom. The van der Waals surface area contributed by atoms with Gasteiger partial charge in [0.25, 0.3) is 5.91 Å². The maximum Gasteiger partial charge on any atom is 0.252 e. The lowest BCUT2D eigenvalue weighted by Gasteiger charge is -2.19. The molecule has 0 aliphatic carbocycles. The summed E-state index contributed by atoms with van der Waals surface area (Å²) in [7, 11) is 1.92. The molecule has 1 N–H and O–H groups in total. The number of benzene rings is 2. The molecular weight excluding hydrogens is 274 g/mol. The molecule has 22 heavy (non-hydrogen) atoms. The third-order valence-electron chi connectivity index (χ3n) is 3.56. The molecule has 0 aliphatic rings. The van der Waals surface area contributed by atoms with Crippen LogP contribution in [0.4, 0.5) is 0 Å². The van der Waals surface area contributed by atoms with E-state index in [1.807, 2.05) is 66.3 Å². The molecule has 3 rings (SSSR count). The number of aromatic nitrogens is 2. The van der Waals surface area contributed by atoms with Gasteiger partial charge in [0.1, 0.15) is 11.9 Å². The molecular formula is C18H17N3O. The molecule has 4 nitrogen and oxygen atoms in total. The molecule has 0 aliphatic heterocycles. The molecule has 4 heteroatoms. The number of carbonyl (C=O) groups excluding carboxylic acids is 1. The average molecular weight is 291 g/mol. The highest BCUT2D eigenvalue weighted by atomic mass is 16.1. The second kappa shape index (κ2) is 6.26. The molecule has 1 aromatic heterocycles. The summed E-state index contributed by atoms with van der Waals surface area (Å²) in [4.78, 5) is 16.9. The summed E-state index contributed by atoms with van der Waals surface area (Å²) < 4.78 is 1.92. The third kappa shape index (κ3) is 2.91. The van der Waals surface area contributed by atoms with E-state index in [0.29, 0.717) is 5.56 Å². The highest BCUT2D eigenvalue weighted by molar-refractivity contribution is 5.94. The number of rotatable bonds is 4. The lowest BCUT2D eigenvalue weighted by atomic mass is 10.1. The van der Waals surface area contributed by atoms with Crippen molar-refractivity contribution in [3.05, 3.63) is 90.0 Å². The fourth-order valence-electron chi connectivity index (χ4n) is 2.40. The van der Waals surface area contributed by atoms with Crippen LogP contribution in [-0.2, 0) is 7.05 Å². The smallest absolute Gasteiger partial charge is 0.252 e. The SMILES string of the molecule is Cn1ccnc1[C@@H](NC(=O)c1ccccc1)c1ccccc1. The van der Waals surface area contributed by atoms with Gasteiger partial charge in [-0.05, 0) is 17.7 Å². The van der Waals surface area contributed by atoms with Gasteiger partial charge in [-0.2, -0.15) is 0 Å². The normalized spacial score (nSPS) is 11.9. The molecule has 0 saturated heterocycles. The maximum atomic E-state index is 12.5. The van der Waals surface area contributed by atoms with Crippen molar-refractivity contribution in [1.29, 1.82) is 0 Å². The Morgan fingerprint density at radius 3 is 2.27 bits per heavy atom. The Bertz CT molecular complexity index is 750. The van der Waals surface area contributed by atoms with Crippen molar-refractivity contribution in [3.8, 4) is 0 Å². The average Bonchev–Trinajstić information content (AvgIpc) is 3.00. The first-order valence-electron chi connectivity index (χ1n) is 7.14. The van der Waals surface area contributed by atoms with Gasteiger partial charge < -0.3 is 9.88 Å². The maximum absolute atomic E-state index is 12.5. The van der Waals surface area contributed by atoms with E-state index in [1.165, 1.54) is 0 Å². The largest absolute Gasteiger partial charge is 0.338 e. The first-order chi connectivity index (χ1) is 10.8. The van der Waals surface area contributed by atoms with Crippen molar-refractivity contribution < 1.29 is 4.79 Å². The lowest BCUT2D eigenvalue weighted by Crippen LogP contribution is -2.31. The van der Waals surface area contributed by atoms with Crippen molar-refractivity contribution in [2.45, 2.75) is 6.04 Å². The Hall–Kier alpha value is -2.88. The number of aryl methyl sites for hydroxylation is 1. The molecule has 0 unspecified atom stereocenters. The number of amides is 1. The summed E-state index contributed by atoms with van der Waals surface area (Å²) >= 11 is 0. The van der Waals surface area contributed by atoms with Crippen LogP contribution in [0.15, 0.2) is 73.1 Å². The van der Waals surface area contributed by atoms with E-state index < -0.39 is 0 Å². The zero-order valence-electron chi connectivity index (χ0n) is 12.3. The van der Waals surface area contributed by atoms with Crippen LogP contribution < -0.4 is 5.32 Å². The minimum absolute atomic E-state index is 0.113.